The normalized spacial score (nSPS) is 11.5. The maximum Gasteiger partial charge on any atom is 0.271 e. The molecule has 2 aromatic carbocycles. The lowest BCUT2D eigenvalue weighted by Gasteiger charge is -2.18. The van der Waals surface area contributed by atoms with Crippen molar-refractivity contribution in [3.8, 4) is 0 Å². The van der Waals surface area contributed by atoms with Gasteiger partial charge in [0.1, 0.15) is 6.04 Å². The minimum atomic E-state index is -0.746. The molecule has 2 aromatic rings. The van der Waals surface area contributed by atoms with Crippen molar-refractivity contribution in [3.05, 3.63) is 69.8 Å². The topological polar surface area (TPSA) is 101 Å². The summed E-state index contributed by atoms with van der Waals surface area (Å²) in [6.07, 6.45) is 2.36. The van der Waals surface area contributed by atoms with E-state index in [0.29, 0.717) is 23.4 Å². The lowest BCUT2D eigenvalue weighted by Crippen LogP contribution is -2.44. The van der Waals surface area contributed by atoms with Crippen LogP contribution in [0.3, 0.4) is 0 Å². The summed E-state index contributed by atoms with van der Waals surface area (Å²) in [4.78, 5) is 35.5. The first kappa shape index (κ1) is 20.4. The van der Waals surface area contributed by atoms with Gasteiger partial charge in [-0.1, -0.05) is 23.8 Å². The highest BCUT2D eigenvalue weighted by molar-refractivity contribution is 7.98. The first-order valence-corrected chi connectivity index (χ1v) is 9.72. The average molecular weight is 387 g/mol. The second-order valence-corrected chi connectivity index (χ2v) is 6.96. The van der Waals surface area contributed by atoms with Crippen LogP contribution in [0.1, 0.15) is 22.3 Å². The second-order valence-electron chi connectivity index (χ2n) is 5.97. The molecule has 0 aliphatic carbocycles. The Balaban J connectivity index is 2.12. The van der Waals surface area contributed by atoms with Crippen molar-refractivity contribution < 1.29 is 14.5 Å². The molecule has 8 heteroatoms. The maximum absolute atomic E-state index is 12.6. The minimum absolute atomic E-state index is 0.114. The molecule has 0 aromatic heterocycles. The van der Waals surface area contributed by atoms with Gasteiger partial charge in [-0.25, -0.2) is 0 Å². The molecule has 7 nitrogen and oxygen atoms in total. The van der Waals surface area contributed by atoms with Crippen LogP contribution in [0.2, 0.25) is 0 Å². The van der Waals surface area contributed by atoms with Gasteiger partial charge in [0.05, 0.1) is 4.92 Å². The van der Waals surface area contributed by atoms with Crippen LogP contribution in [0.25, 0.3) is 0 Å². The van der Waals surface area contributed by atoms with Crippen molar-refractivity contribution in [2.75, 3.05) is 17.3 Å². The van der Waals surface area contributed by atoms with Crippen LogP contribution in [0, 0.1) is 17.0 Å². The van der Waals surface area contributed by atoms with Crippen LogP contribution in [-0.4, -0.2) is 34.8 Å². The smallest absolute Gasteiger partial charge is 0.271 e. The average Bonchev–Trinajstić information content (AvgIpc) is 2.65. The number of rotatable bonds is 8. The highest BCUT2D eigenvalue weighted by Gasteiger charge is 2.22. The van der Waals surface area contributed by atoms with Crippen molar-refractivity contribution in [2.45, 2.75) is 19.4 Å². The van der Waals surface area contributed by atoms with Crippen LogP contribution >= 0.6 is 11.8 Å². The number of hydrogen-bond acceptors (Lipinski definition) is 5. The SMILES string of the molecule is CSCCC(NC(=O)c1cccc(C)c1)C(=O)Nc1cccc([N+](=O)[O-])c1. The molecule has 1 unspecified atom stereocenters. The molecule has 0 fully saturated rings. The van der Waals surface area contributed by atoms with Gasteiger partial charge >= 0.3 is 0 Å². The van der Waals surface area contributed by atoms with E-state index in [0.717, 1.165) is 5.56 Å². The van der Waals surface area contributed by atoms with Gasteiger partial charge in [0.15, 0.2) is 0 Å². The lowest BCUT2D eigenvalue weighted by molar-refractivity contribution is -0.384. The number of anilines is 1. The largest absolute Gasteiger partial charge is 0.340 e. The second kappa shape index (κ2) is 9.72. The zero-order chi connectivity index (χ0) is 19.8. The first-order valence-electron chi connectivity index (χ1n) is 8.32. The fraction of sp³-hybridized carbons (Fsp3) is 0.263. The van der Waals surface area contributed by atoms with E-state index in [-0.39, 0.29) is 11.6 Å². The van der Waals surface area contributed by atoms with E-state index in [2.05, 4.69) is 10.6 Å². The third-order valence-electron chi connectivity index (χ3n) is 3.84. The Morgan fingerprint density at radius 1 is 1.19 bits per heavy atom. The molecule has 142 valence electrons. The molecule has 0 aliphatic heterocycles. The summed E-state index contributed by atoms with van der Waals surface area (Å²) in [7, 11) is 0. The number of aryl methyl sites for hydroxylation is 1. The number of amides is 2. The first-order chi connectivity index (χ1) is 12.9. The highest BCUT2D eigenvalue weighted by atomic mass is 32.2. The molecule has 0 heterocycles. The molecule has 1 atom stereocenters. The van der Waals surface area contributed by atoms with Gasteiger partial charge < -0.3 is 10.6 Å². The molecule has 0 saturated heterocycles. The number of hydrogen-bond donors (Lipinski definition) is 2. The summed E-state index contributed by atoms with van der Waals surface area (Å²) in [6, 6.07) is 12.1. The number of nitro benzene ring substituents is 1. The molecule has 0 spiro atoms. The Bertz CT molecular complexity index is 841. The molecule has 0 aliphatic rings. The third kappa shape index (κ3) is 6.10. The predicted molar refractivity (Wildman–Crippen MR) is 107 cm³/mol. The summed E-state index contributed by atoms with van der Waals surface area (Å²) in [5, 5.41) is 16.3. The van der Waals surface area contributed by atoms with Crippen molar-refractivity contribution in [1.29, 1.82) is 0 Å². The zero-order valence-electron chi connectivity index (χ0n) is 15.1. The van der Waals surface area contributed by atoms with Crippen molar-refractivity contribution >= 4 is 35.0 Å². The van der Waals surface area contributed by atoms with Gasteiger partial charge in [-0.05, 0) is 43.6 Å². The molecule has 0 bridgehead atoms. The van der Waals surface area contributed by atoms with Gasteiger partial charge in [-0.15, -0.1) is 0 Å². The van der Waals surface area contributed by atoms with Gasteiger partial charge in [0, 0.05) is 23.4 Å². The molecular formula is C19H21N3O4S. The van der Waals surface area contributed by atoms with Crippen LogP contribution in [0.5, 0.6) is 0 Å². The van der Waals surface area contributed by atoms with E-state index in [1.165, 1.54) is 18.2 Å². The fourth-order valence-electron chi connectivity index (χ4n) is 2.46. The molecule has 0 radical (unpaired) electrons. The van der Waals surface area contributed by atoms with E-state index in [4.69, 9.17) is 0 Å². The van der Waals surface area contributed by atoms with Crippen molar-refractivity contribution in [2.24, 2.45) is 0 Å². The van der Waals surface area contributed by atoms with E-state index >= 15 is 0 Å². The number of carbonyl (C=O) groups is 2. The number of thioether (sulfide) groups is 1. The fourth-order valence-corrected chi connectivity index (χ4v) is 2.93. The van der Waals surface area contributed by atoms with Crippen LogP contribution in [0.15, 0.2) is 48.5 Å². The number of non-ortho nitro benzene ring substituents is 1. The highest BCUT2D eigenvalue weighted by Crippen LogP contribution is 2.17. The maximum atomic E-state index is 12.6. The number of nitrogens with one attached hydrogen (secondary N) is 2. The number of benzene rings is 2. The Morgan fingerprint density at radius 2 is 1.93 bits per heavy atom. The van der Waals surface area contributed by atoms with Crippen LogP contribution in [-0.2, 0) is 4.79 Å². The zero-order valence-corrected chi connectivity index (χ0v) is 15.9. The molecule has 2 N–H and O–H groups in total. The minimum Gasteiger partial charge on any atom is -0.340 e. The van der Waals surface area contributed by atoms with Gasteiger partial charge in [-0.3, -0.25) is 19.7 Å². The molecular weight excluding hydrogens is 366 g/mol. The molecule has 0 saturated carbocycles. The molecule has 2 amide bonds. The van der Waals surface area contributed by atoms with Crippen molar-refractivity contribution in [1.82, 2.24) is 5.32 Å². The van der Waals surface area contributed by atoms with E-state index in [9.17, 15) is 19.7 Å². The summed E-state index contributed by atoms with van der Waals surface area (Å²) in [6.45, 7) is 1.89. The van der Waals surface area contributed by atoms with Crippen molar-refractivity contribution in [3.63, 3.8) is 0 Å². The summed E-state index contributed by atoms with van der Waals surface area (Å²) in [5.74, 6) is -0.0641. The molecule has 2 rings (SSSR count). The summed E-state index contributed by atoms with van der Waals surface area (Å²) < 4.78 is 0. The Hall–Kier alpha value is -2.87. The van der Waals surface area contributed by atoms with Gasteiger partial charge in [0.2, 0.25) is 5.91 Å². The Morgan fingerprint density at radius 3 is 2.59 bits per heavy atom. The number of nitro groups is 1. The van der Waals surface area contributed by atoms with Gasteiger partial charge in [0.25, 0.3) is 11.6 Å². The summed E-state index contributed by atoms with van der Waals surface area (Å²) >= 11 is 1.56. The summed E-state index contributed by atoms with van der Waals surface area (Å²) in [5.41, 5.74) is 1.63. The monoisotopic (exact) mass is 387 g/mol. The van der Waals surface area contributed by atoms with Gasteiger partial charge in [-0.2, -0.15) is 11.8 Å². The standard InChI is InChI=1S/C19H21N3O4S/c1-13-5-3-6-14(11-13)18(23)21-17(9-10-27-2)19(24)20-15-7-4-8-16(12-15)22(25)26/h3-8,11-12,17H,9-10H2,1-2H3,(H,20,24)(H,21,23). The van der Waals surface area contributed by atoms with Crippen LogP contribution in [0.4, 0.5) is 11.4 Å². The molecule has 27 heavy (non-hydrogen) atoms. The van der Waals surface area contributed by atoms with E-state index < -0.39 is 16.9 Å². The van der Waals surface area contributed by atoms with Crippen LogP contribution < -0.4 is 10.6 Å². The predicted octanol–water partition coefficient (Wildman–Crippen LogP) is 3.39. The van der Waals surface area contributed by atoms with E-state index in [1.807, 2.05) is 19.2 Å². The Kier molecular flexibility index (Phi) is 7.36. The lowest BCUT2D eigenvalue weighted by atomic mass is 10.1. The van der Waals surface area contributed by atoms with E-state index in [1.54, 1.807) is 36.0 Å². The Labute approximate surface area is 161 Å². The number of carbonyl (C=O) groups excluding carboxylic acids is 2. The number of nitrogens with zero attached hydrogens (tertiary/aromatic N) is 1. The quantitative estimate of drug-likeness (QED) is 0.534. The third-order valence-corrected chi connectivity index (χ3v) is 4.48.